The fraction of sp³-hybridized carbons (Fsp3) is 0.167. The summed E-state index contributed by atoms with van der Waals surface area (Å²) in [7, 11) is 0. The molecular formula is C12H10O3S. The molecule has 0 aliphatic carbocycles. The molecule has 1 aromatic heterocycles. The average Bonchev–Trinajstić information content (AvgIpc) is 2.96. The average molecular weight is 234 g/mol. The summed E-state index contributed by atoms with van der Waals surface area (Å²) in [6, 6.07) is 9.82. The van der Waals surface area contributed by atoms with Gasteiger partial charge in [0.15, 0.2) is 11.5 Å². The Bertz CT molecular complexity index is 519. The summed E-state index contributed by atoms with van der Waals surface area (Å²) >= 11 is 1.59. The molecule has 4 heteroatoms. The smallest absolute Gasteiger partial charge is 0.231 e. The van der Waals surface area contributed by atoms with Crippen molar-refractivity contribution in [3.05, 3.63) is 35.2 Å². The third-order valence-corrected chi connectivity index (χ3v) is 3.59. The molecule has 3 nitrogen and oxygen atoms in total. The van der Waals surface area contributed by atoms with Crippen LogP contribution < -0.4 is 9.47 Å². The van der Waals surface area contributed by atoms with Crippen LogP contribution in [0.1, 0.15) is 4.88 Å². The molecule has 1 N–H and O–H groups in total. The van der Waals surface area contributed by atoms with E-state index in [1.54, 1.807) is 11.3 Å². The Kier molecular flexibility index (Phi) is 2.31. The lowest BCUT2D eigenvalue weighted by molar-refractivity contribution is 0.174. The normalized spacial score (nSPS) is 13.1. The highest BCUT2D eigenvalue weighted by atomic mass is 32.1. The quantitative estimate of drug-likeness (QED) is 0.868. The van der Waals surface area contributed by atoms with Crippen molar-refractivity contribution < 1.29 is 14.6 Å². The number of ether oxygens (including phenoxy) is 2. The molecule has 0 saturated heterocycles. The maximum absolute atomic E-state index is 9.02. The largest absolute Gasteiger partial charge is 0.454 e. The second kappa shape index (κ2) is 3.81. The minimum Gasteiger partial charge on any atom is -0.454 e. The Morgan fingerprint density at radius 2 is 2.00 bits per heavy atom. The van der Waals surface area contributed by atoms with Gasteiger partial charge >= 0.3 is 0 Å². The number of hydrogen-bond acceptors (Lipinski definition) is 4. The van der Waals surface area contributed by atoms with Gasteiger partial charge in [-0.2, -0.15) is 0 Å². The van der Waals surface area contributed by atoms with Crippen LogP contribution in [0.5, 0.6) is 11.5 Å². The predicted molar refractivity (Wildman–Crippen MR) is 61.8 cm³/mol. The van der Waals surface area contributed by atoms with Gasteiger partial charge in [0, 0.05) is 9.75 Å². The molecule has 82 valence electrons. The molecule has 0 saturated carbocycles. The first-order valence-corrected chi connectivity index (χ1v) is 5.78. The van der Waals surface area contributed by atoms with E-state index in [2.05, 4.69) is 0 Å². The van der Waals surface area contributed by atoms with E-state index < -0.39 is 0 Å². The van der Waals surface area contributed by atoms with Gasteiger partial charge in [-0.15, -0.1) is 11.3 Å². The predicted octanol–water partition coefficient (Wildman–Crippen LogP) is 2.64. The van der Waals surface area contributed by atoms with E-state index in [0.717, 1.165) is 26.8 Å². The Morgan fingerprint density at radius 3 is 2.81 bits per heavy atom. The summed E-state index contributed by atoms with van der Waals surface area (Å²) in [4.78, 5) is 2.09. The number of benzene rings is 1. The third kappa shape index (κ3) is 1.56. The molecule has 2 heterocycles. The van der Waals surface area contributed by atoms with Crippen LogP contribution in [0, 0.1) is 0 Å². The van der Waals surface area contributed by atoms with Crippen molar-refractivity contribution in [2.24, 2.45) is 0 Å². The molecule has 0 amide bonds. The lowest BCUT2D eigenvalue weighted by Gasteiger charge is -1.99. The van der Waals surface area contributed by atoms with Crippen molar-refractivity contribution in [2.75, 3.05) is 6.79 Å². The van der Waals surface area contributed by atoms with Crippen LogP contribution in [0.4, 0.5) is 0 Å². The van der Waals surface area contributed by atoms with Crippen molar-refractivity contribution in [2.45, 2.75) is 6.61 Å². The molecule has 1 aromatic carbocycles. The maximum atomic E-state index is 9.02. The van der Waals surface area contributed by atoms with Crippen LogP contribution in [0.15, 0.2) is 30.3 Å². The van der Waals surface area contributed by atoms with Crippen LogP contribution in [0.25, 0.3) is 10.4 Å². The van der Waals surface area contributed by atoms with Gasteiger partial charge < -0.3 is 14.6 Å². The molecule has 16 heavy (non-hydrogen) atoms. The van der Waals surface area contributed by atoms with Gasteiger partial charge in [0.1, 0.15) is 0 Å². The van der Waals surface area contributed by atoms with E-state index in [1.165, 1.54) is 0 Å². The SMILES string of the molecule is OCc1ccc(-c2ccc3c(c2)OCO3)s1. The zero-order chi connectivity index (χ0) is 11.0. The number of aliphatic hydroxyl groups excluding tert-OH is 1. The van der Waals surface area contributed by atoms with Crippen LogP contribution in [0.2, 0.25) is 0 Å². The Labute approximate surface area is 96.9 Å². The topological polar surface area (TPSA) is 38.7 Å². The second-order valence-electron chi connectivity index (χ2n) is 3.49. The van der Waals surface area contributed by atoms with E-state index in [1.807, 2.05) is 30.3 Å². The Balaban J connectivity index is 2.00. The van der Waals surface area contributed by atoms with Crippen LogP contribution in [0.3, 0.4) is 0 Å². The Hall–Kier alpha value is -1.52. The molecule has 0 bridgehead atoms. The van der Waals surface area contributed by atoms with Gasteiger partial charge in [0.25, 0.3) is 0 Å². The van der Waals surface area contributed by atoms with Crippen molar-refractivity contribution in [1.29, 1.82) is 0 Å². The molecule has 0 radical (unpaired) electrons. The van der Waals surface area contributed by atoms with E-state index in [9.17, 15) is 0 Å². The summed E-state index contributed by atoms with van der Waals surface area (Å²) in [5.41, 5.74) is 1.09. The van der Waals surface area contributed by atoms with Crippen LogP contribution in [-0.4, -0.2) is 11.9 Å². The number of aliphatic hydroxyl groups is 1. The first-order valence-electron chi connectivity index (χ1n) is 4.96. The summed E-state index contributed by atoms with van der Waals surface area (Å²) in [5.74, 6) is 1.58. The fourth-order valence-corrected chi connectivity index (χ4v) is 2.53. The van der Waals surface area contributed by atoms with Gasteiger partial charge in [-0.3, -0.25) is 0 Å². The monoisotopic (exact) mass is 234 g/mol. The van der Waals surface area contributed by atoms with Crippen molar-refractivity contribution in [3.63, 3.8) is 0 Å². The van der Waals surface area contributed by atoms with Gasteiger partial charge in [-0.25, -0.2) is 0 Å². The van der Waals surface area contributed by atoms with Crippen LogP contribution in [-0.2, 0) is 6.61 Å². The maximum Gasteiger partial charge on any atom is 0.231 e. The summed E-state index contributed by atoms with van der Waals surface area (Å²) in [6.07, 6.45) is 0. The molecule has 1 aliphatic heterocycles. The van der Waals surface area contributed by atoms with Gasteiger partial charge in [0.2, 0.25) is 6.79 Å². The van der Waals surface area contributed by atoms with Crippen molar-refractivity contribution in [3.8, 4) is 21.9 Å². The molecule has 0 unspecified atom stereocenters. The zero-order valence-corrected chi connectivity index (χ0v) is 9.29. The molecule has 2 aromatic rings. The summed E-state index contributed by atoms with van der Waals surface area (Å²) in [5, 5.41) is 9.02. The molecule has 0 atom stereocenters. The minimum atomic E-state index is 0.0925. The molecule has 1 aliphatic rings. The van der Waals surface area contributed by atoms with Crippen molar-refractivity contribution in [1.82, 2.24) is 0 Å². The molecular weight excluding hydrogens is 224 g/mol. The first kappa shape index (κ1) is 9.69. The van der Waals surface area contributed by atoms with Gasteiger partial charge in [-0.1, -0.05) is 0 Å². The first-order chi connectivity index (χ1) is 7.86. The minimum absolute atomic E-state index is 0.0925. The Morgan fingerprint density at radius 1 is 1.12 bits per heavy atom. The summed E-state index contributed by atoms with van der Waals surface area (Å²) < 4.78 is 10.6. The lowest BCUT2D eigenvalue weighted by atomic mass is 10.1. The standard InChI is InChI=1S/C12H10O3S/c13-6-9-2-4-12(16-9)8-1-3-10-11(5-8)15-7-14-10/h1-5,13H,6-7H2. The van der Waals surface area contributed by atoms with E-state index in [0.29, 0.717) is 6.79 Å². The van der Waals surface area contributed by atoms with E-state index in [-0.39, 0.29) is 6.61 Å². The third-order valence-electron chi connectivity index (χ3n) is 2.47. The highest BCUT2D eigenvalue weighted by Gasteiger charge is 2.14. The highest BCUT2D eigenvalue weighted by Crippen LogP contribution is 2.37. The van der Waals surface area contributed by atoms with Crippen LogP contribution >= 0.6 is 11.3 Å². The van der Waals surface area contributed by atoms with Gasteiger partial charge in [-0.05, 0) is 35.9 Å². The van der Waals surface area contributed by atoms with E-state index in [4.69, 9.17) is 14.6 Å². The lowest BCUT2D eigenvalue weighted by Crippen LogP contribution is -1.92. The molecule has 0 fully saturated rings. The number of rotatable bonds is 2. The highest BCUT2D eigenvalue weighted by molar-refractivity contribution is 7.15. The van der Waals surface area contributed by atoms with E-state index >= 15 is 0 Å². The van der Waals surface area contributed by atoms with Crippen molar-refractivity contribution >= 4 is 11.3 Å². The number of thiophene rings is 1. The second-order valence-corrected chi connectivity index (χ2v) is 4.66. The fourth-order valence-electron chi connectivity index (χ4n) is 1.67. The number of hydrogen-bond donors (Lipinski definition) is 1. The molecule has 3 rings (SSSR count). The molecule has 0 spiro atoms. The summed E-state index contributed by atoms with van der Waals surface area (Å²) in [6.45, 7) is 0.389. The zero-order valence-electron chi connectivity index (χ0n) is 8.47. The van der Waals surface area contributed by atoms with Gasteiger partial charge in [0.05, 0.1) is 6.61 Å². The number of fused-ring (bicyclic) bond motifs is 1.